The van der Waals surface area contributed by atoms with Gasteiger partial charge in [-0.2, -0.15) is 0 Å². The molecule has 2 aromatic heterocycles. The molecule has 5 nitrogen and oxygen atoms in total. The molecule has 1 aromatic carbocycles. The number of hydrogen-bond acceptors (Lipinski definition) is 4. The number of carbonyl (C=O) groups is 1. The molecule has 0 N–H and O–H groups in total. The van der Waals surface area contributed by atoms with Crippen molar-refractivity contribution in [2.45, 2.75) is 13.0 Å². The van der Waals surface area contributed by atoms with Gasteiger partial charge >= 0.3 is 0 Å². The Morgan fingerprint density at radius 2 is 1.64 bits per heavy atom. The summed E-state index contributed by atoms with van der Waals surface area (Å²) in [5.41, 5.74) is 4.10. The van der Waals surface area contributed by atoms with Crippen molar-refractivity contribution in [3.63, 3.8) is 0 Å². The minimum atomic E-state index is 0.0634. The van der Waals surface area contributed by atoms with Crippen LogP contribution >= 0.6 is 0 Å². The van der Waals surface area contributed by atoms with Crippen LogP contribution in [0.2, 0.25) is 0 Å². The Morgan fingerprint density at radius 1 is 0.893 bits per heavy atom. The summed E-state index contributed by atoms with van der Waals surface area (Å²) in [5.74, 6) is 0.0634. The fraction of sp³-hybridized carbons (Fsp3) is 0.261. The van der Waals surface area contributed by atoms with Crippen LogP contribution in [0.5, 0.6) is 0 Å². The highest BCUT2D eigenvalue weighted by atomic mass is 16.2. The minimum Gasteiger partial charge on any atom is -0.336 e. The van der Waals surface area contributed by atoms with E-state index >= 15 is 0 Å². The molecule has 0 radical (unpaired) electrons. The van der Waals surface area contributed by atoms with Crippen molar-refractivity contribution in [2.75, 3.05) is 26.2 Å². The summed E-state index contributed by atoms with van der Waals surface area (Å²) >= 11 is 0. The summed E-state index contributed by atoms with van der Waals surface area (Å²) in [6.45, 7) is 5.01. The van der Waals surface area contributed by atoms with Crippen LogP contribution in [0.3, 0.4) is 0 Å². The van der Waals surface area contributed by atoms with Crippen LogP contribution in [0.25, 0.3) is 0 Å². The van der Waals surface area contributed by atoms with Gasteiger partial charge in [0.2, 0.25) is 0 Å². The molecule has 0 spiro atoms. The second-order valence-electron chi connectivity index (χ2n) is 7.18. The second-order valence-corrected chi connectivity index (χ2v) is 7.18. The third kappa shape index (κ3) is 3.94. The van der Waals surface area contributed by atoms with E-state index in [1.165, 1.54) is 11.1 Å². The van der Waals surface area contributed by atoms with Gasteiger partial charge in [-0.05, 0) is 35.7 Å². The van der Waals surface area contributed by atoms with E-state index in [0.717, 1.165) is 18.7 Å². The smallest absolute Gasteiger partial charge is 0.255 e. The van der Waals surface area contributed by atoms with Crippen molar-refractivity contribution in [2.24, 2.45) is 0 Å². The molecule has 4 rings (SSSR count). The summed E-state index contributed by atoms with van der Waals surface area (Å²) in [6, 6.07) is 16.7. The average molecular weight is 372 g/mol. The summed E-state index contributed by atoms with van der Waals surface area (Å²) in [6.07, 6.45) is 7.17. The average Bonchev–Trinajstić information content (AvgIpc) is 2.75. The van der Waals surface area contributed by atoms with Gasteiger partial charge in [-0.15, -0.1) is 0 Å². The molecule has 1 aliphatic heterocycles. The number of aromatic nitrogens is 2. The Balaban J connectivity index is 1.51. The van der Waals surface area contributed by atoms with Gasteiger partial charge < -0.3 is 4.90 Å². The lowest BCUT2D eigenvalue weighted by Crippen LogP contribution is -2.49. The topological polar surface area (TPSA) is 49.3 Å². The van der Waals surface area contributed by atoms with Crippen LogP contribution in [0.1, 0.15) is 33.1 Å². The highest BCUT2D eigenvalue weighted by molar-refractivity contribution is 5.94. The molecule has 1 atom stereocenters. The molecular weight excluding hydrogens is 348 g/mol. The van der Waals surface area contributed by atoms with Gasteiger partial charge in [0.15, 0.2) is 0 Å². The minimum absolute atomic E-state index is 0.0634. The Bertz CT molecular complexity index is 882. The van der Waals surface area contributed by atoms with E-state index in [1.807, 2.05) is 36.2 Å². The van der Waals surface area contributed by atoms with Crippen LogP contribution in [-0.2, 0) is 0 Å². The first-order chi connectivity index (χ1) is 13.7. The fourth-order valence-corrected chi connectivity index (χ4v) is 3.82. The number of nitrogens with zero attached hydrogens (tertiary/aromatic N) is 4. The van der Waals surface area contributed by atoms with Crippen LogP contribution in [0.4, 0.5) is 0 Å². The maximum atomic E-state index is 12.8. The van der Waals surface area contributed by atoms with Gasteiger partial charge in [-0.25, -0.2) is 0 Å². The largest absolute Gasteiger partial charge is 0.336 e. The van der Waals surface area contributed by atoms with E-state index in [-0.39, 0.29) is 11.9 Å². The van der Waals surface area contributed by atoms with Crippen LogP contribution in [-0.4, -0.2) is 51.9 Å². The molecule has 1 aliphatic rings. The Hall–Kier alpha value is -3.05. The highest BCUT2D eigenvalue weighted by Crippen LogP contribution is 2.29. The normalized spacial score (nSPS) is 16.0. The van der Waals surface area contributed by atoms with Crippen molar-refractivity contribution in [3.8, 4) is 0 Å². The third-order valence-electron chi connectivity index (χ3n) is 5.20. The first-order valence-corrected chi connectivity index (χ1v) is 9.62. The summed E-state index contributed by atoms with van der Waals surface area (Å²) < 4.78 is 0. The molecule has 3 heterocycles. The molecule has 1 unspecified atom stereocenters. The summed E-state index contributed by atoms with van der Waals surface area (Å²) in [5, 5.41) is 0. The number of aryl methyl sites for hydroxylation is 1. The monoisotopic (exact) mass is 372 g/mol. The van der Waals surface area contributed by atoms with Gasteiger partial charge in [0, 0.05) is 51.0 Å². The number of carbonyl (C=O) groups excluding carboxylic acids is 1. The van der Waals surface area contributed by atoms with E-state index < -0.39 is 0 Å². The molecule has 1 saturated heterocycles. The van der Waals surface area contributed by atoms with Gasteiger partial charge in [0.05, 0.1) is 11.6 Å². The first kappa shape index (κ1) is 18.3. The zero-order valence-electron chi connectivity index (χ0n) is 16.0. The van der Waals surface area contributed by atoms with E-state index in [0.29, 0.717) is 18.7 Å². The number of amides is 1. The van der Waals surface area contributed by atoms with Crippen molar-refractivity contribution >= 4 is 5.91 Å². The van der Waals surface area contributed by atoms with Gasteiger partial charge in [-0.3, -0.25) is 19.7 Å². The molecule has 142 valence electrons. The predicted molar refractivity (Wildman–Crippen MR) is 109 cm³/mol. The number of pyridine rings is 2. The lowest BCUT2D eigenvalue weighted by molar-refractivity contribution is 0.0596. The quantitative estimate of drug-likeness (QED) is 0.705. The number of benzene rings is 1. The van der Waals surface area contributed by atoms with Crippen molar-refractivity contribution in [1.29, 1.82) is 0 Å². The molecule has 0 aliphatic carbocycles. The first-order valence-electron chi connectivity index (χ1n) is 9.62. The van der Waals surface area contributed by atoms with Crippen LogP contribution < -0.4 is 0 Å². The summed E-state index contributed by atoms with van der Waals surface area (Å²) in [4.78, 5) is 25.7. The third-order valence-corrected chi connectivity index (χ3v) is 5.20. The van der Waals surface area contributed by atoms with Crippen LogP contribution in [0, 0.1) is 6.92 Å². The van der Waals surface area contributed by atoms with E-state index in [4.69, 9.17) is 0 Å². The van der Waals surface area contributed by atoms with Gasteiger partial charge in [-0.1, -0.05) is 36.4 Å². The van der Waals surface area contributed by atoms with E-state index in [2.05, 4.69) is 45.2 Å². The van der Waals surface area contributed by atoms with Gasteiger partial charge in [0.1, 0.15) is 0 Å². The molecule has 1 fully saturated rings. The molecule has 5 heteroatoms. The Kier molecular flexibility index (Phi) is 5.44. The number of hydrogen-bond donors (Lipinski definition) is 0. The molecule has 0 saturated carbocycles. The zero-order valence-corrected chi connectivity index (χ0v) is 16.0. The van der Waals surface area contributed by atoms with Gasteiger partial charge in [0.25, 0.3) is 5.91 Å². The number of piperazine rings is 1. The Morgan fingerprint density at radius 3 is 2.32 bits per heavy atom. The summed E-state index contributed by atoms with van der Waals surface area (Å²) in [7, 11) is 0. The van der Waals surface area contributed by atoms with E-state index in [1.54, 1.807) is 18.6 Å². The molecule has 28 heavy (non-hydrogen) atoms. The van der Waals surface area contributed by atoms with Crippen molar-refractivity contribution in [1.82, 2.24) is 19.8 Å². The number of rotatable bonds is 4. The second kappa shape index (κ2) is 8.31. The fourth-order valence-electron chi connectivity index (χ4n) is 3.82. The highest BCUT2D eigenvalue weighted by Gasteiger charge is 2.28. The lowest BCUT2D eigenvalue weighted by Gasteiger charge is -2.39. The van der Waals surface area contributed by atoms with E-state index in [9.17, 15) is 4.79 Å². The molecule has 3 aromatic rings. The SMILES string of the molecule is Cc1cncc(C(=O)N2CCN(C(c3ccccc3)c3cccnc3)CC2)c1. The van der Waals surface area contributed by atoms with Crippen molar-refractivity contribution < 1.29 is 4.79 Å². The zero-order chi connectivity index (χ0) is 19.3. The maximum absolute atomic E-state index is 12.8. The molecular formula is C23H24N4O. The molecule has 1 amide bonds. The molecule has 0 bridgehead atoms. The van der Waals surface area contributed by atoms with Crippen molar-refractivity contribution in [3.05, 3.63) is 95.6 Å². The standard InChI is InChI=1S/C23H24N4O/c1-18-14-21(17-25-15-18)23(28)27-12-10-26(11-13-27)22(19-6-3-2-4-7-19)20-8-5-9-24-16-20/h2-9,14-17,22H,10-13H2,1H3. The Labute approximate surface area is 165 Å². The van der Waals surface area contributed by atoms with Crippen LogP contribution in [0.15, 0.2) is 73.3 Å². The maximum Gasteiger partial charge on any atom is 0.255 e. The predicted octanol–water partition coefficient (Wildman–Crippen LogP) is 3.33. The lowest BCUT2D eigenvalue weighted by atomic mass is 9.97.